The zero-order valence-corrected chi connectivity index (χ0v) is 16.4. The number of aryl methyl sites for hydroxylation is 2. The Labute approximate surface area is 155 Å². The van der Waals surface area contributed by atoms with Gasteiger partial charge in [-0.05, 0) is 43.5 Å². The lowest BCUT2D eigenvalue weighted by Gasteiger charge is -2.31. The second-order valence-electron chi connectivity index (χ2n) is 6.69. The van der Waals surface area contributed by atoms with E-state index in [1.807, 2.05) is 11.8 Å². The quantitative estimate of drug-likeness (QED) is 0.699. The standard InChI is InChI=1S/C19H29N3O2S/c1-4-7-20-18(23)13-21-8-10-22(11-9-21)19(24)14-25-17-6-5-15(2)16(3)12-17/h5-6,12H,4,7-11,13-14H2,1-3H3,(H,20,23)/p+1. The van der Waals surface area contributed by atoms with Crippen LogP contribution in [0.2, 0.25) is 0 Å². The predicted molar refractivity (Wildman–Crippen MR) is 102 cm³/mol. The summed E-state index contributed by atoms with van der Waals surface area (Å²) in [5.74, 6) is 0.786. The maximum atomic E-state index is 12.4. The third kappa shape index (κ3) is 6.36. The molecule has 2 N–H and O–H groups in total. The minimum Gasteiger partial charge on any atom is -0.351 e. The van der Waals surface area contributed by atoms with Crippen LogP contribution in [0.4, 0.5) is 0 Å². The maximum absolute atomic E-state index is 12.4. The Hall–Kier alpha value is -1.53. The number of nitrogens with zero attached hydrogens (tertiary/aromatic N) is 1. The number of rotatable bonds is 7. The van der Waals surface area contributed by atoms with Crippen molar-refractivity contribution in [3.8, 4) is 0 Å². The summed E-state index contributed by atoms with van der Waals surface area (Å²) in [6.45, 7) is 10.7. The van der Waals surface area contributed by atoms with E-state index < -0.39 is 0 Å². The van der Waals surface area contributed by atoms with Crippen molar-refractivity contribution in [1.29, 1.82) is 0 Å². The molecule has 1 aromatic rings. The molecule has 0 spiro atoms. The number of piperazine rings is 1. The summed E-state index contributed by atoms with van der Waals surface area (Å²) in [4.78, 5) is 28.5. The molecule has 6 heteroatoms. The van der Waals surface area contributed by atoms with Gasteiger partial charge in [0.05, 0.1) is 31.9 Å². The third-order valence-electron chi connectivity index (χ3n) is 4.65. The van der Waals surface area contributed by atoms with E-state index in [9.17, 15) is 9.59 Å². The van der Waals surface area contributed by atoms with Gasteiger partial charge in [0, 0.05) is 11.4 Å². The van der Waals surface area contributed by atoms with E-state index in [1.165, 1.54) is 16.0 Å². The normalized spacial score (nSPS) is 15.2. The molecular formula is C19H30N3O2S+. The fraction of sp³-hybridized carbons (Fsp3) is 0.579. The lowest BCUT2D eigenvalue weighted by Crippen LogP contribution is -3.15. The highest BCUT2D eigenvalue weighted by Gasteiger charge is 2.24. The lowest BCUT2D eigenvalue weighted by atomic mass is 10.1. The Bertz CT molecular complexity index is 598. The molecule has 0 aromatic heterocycles. The van der Waals surface area contributed by atoms with Crippen molar-refractivity contribution in [2.75, 3.05) is 45.0 Å². The second-order valence-corrected chi connectivity index (χ2v) is 7.74. The van der Waals surface area contributed by atoms with Crippen molar-refractivity contribution in [2.45, 2.75) is 32.1 Å². The fourth-order valence-electron chi connectivity index (χ4n) is 2.84. The van der Waals surface area contributed by atoms with Gasteiger partial charge in [-0.3, -0.25) is 9.59 Å². The van der Waals surface area contributed by atoms with E-state index in [4.69, 9.17) is 0 Å². The lowest BCUT2D eigenvalue weighted by molar-refractivity contribution is -0.896. The molecule has 1 saturated heterocycles. The van der Waals surface area contributed by atoms with Crippen molar-refractivity contribution in [2.24, 2.45) is 0 Å². The van der Waals surface area contributed by atoms with Crippen LogP contribution < -0.4 is 10.2 Å². The fourth-order valence-corrected chi connectivity index (χ4v) is 3.74. The molecule has 0 unspecified atom stereocenters. The highest BCUT2D eigenvalue weighted by Crippen LogP contribution is 2.21. The predicted octanol–water partition coefficient (Wildman–Crippen LogP) is 0.649. The first-order chi connectivity index (χ1) is 12.0. The molecule has 25 heavy (non-hydrogen) atoms. The largest absolute Gasteiger partial charge is 0.351 e. The van der Waals surface area contributed by atoms with Gasteiger partial charge in [0.1, 0.15) is 0 Å². The van der Waals surface area contributed by atoms with Crippen LogP contribution >= 0.6 is 11.8 Å². The summed E-state index contributed by atoms with van der Waals surface area (Å²) in [6.07, 6.45) is 0.960. The Morgan fingerprint density at radius 3 is 2.56 bits per heavy atom. The average molecular weight is 365 g/mol. The van der Waals surface area contributed by atoms with Crippen LogP contribution in [0.1, 0.15) is 24.5 Å². The molecule has 1 heterocycles. The number of nitrogens with one attached hydrogen (secondary N) is 2. The van der Waals surface area contributed by atoms with Crippen LogP contribution in [0.3, 0.4) is 0 Å². The summed E-state index contributed by atoms with van der Waals surface area (Å²) in [7, 11) is 0. The summed E-state index contributed by atoms with van der Waals surface area (Å²) >= 11 is 1.60. The number of hydrogen-bond acceptors (Lipinski definition) is 3. The molecule has 1 fully saturated rings. The van der Waals surface area contributed by atoms with E-state index in [1.54, 1.807) is 11.8 Å². The molecule has 1 aliphatic heterocycles. The molecule has 138 valence electrons. The highest BCUT2D eigenvalue weighted by molar-refractivity contribution is 8.00. The molecule has 0 aliphatic carbocycles. The van der Waals surface area contributed by atoms with Crippen LogP contribution in [-0.2, 0) is 9.59 Å². The van der Waals surface area contributed by atoms with Gasteiger partial charge in [0.25, 0.3) is 5.91 Å². The van der Waals surface area contributed by atoms with Gasteiger partial charge in [0.2, 0.25) is 5.91 Å². The molecular weight excluding hydrogens is 334 g/mol. The van der Waals surface area contributed by atoms with Crippen molar-refractivity contribution in [3.63, 3.8) is 0 Å². The SMILES string of the molecule is CCCNC(=O)C[NH+]1CCN(C(=O)CSc2ccc(C)c(C)c2)CC1. The van der Waals surface area contributed by atoms with Gasteiger partial charge < -0.3 is 15.1 Å². The van der Waals surface area contributed by atoms with Crippen LogP contribution in [0.25, 0.3) is 0 Å². The van der Waals surface area contributed by atoms with Crippen molar-refractivity contribution in [3.05, 3.63) is 29.3 Å². The monoisotopic (exact) mass is 364 g/mol. The topological polar surface area (TPSA) is 53.9 Å². The first kappa shape index (κ1) is 19.8. The van der Waals surface area contributed by atoms with E-state index in [0.717, 1.165) is 44.0 Å². The zero-order valence-electron chi connectivity index (χ0n) is 15.6. The number of quaternary nitrogens is 1. The molecule has 1 aliphatic rings. The van der Waals surface area contributed by atoms with E-state index in [0.29, 0.717) is 12.3 Å². The molecule has 5 nitrogen and oxygen atoms in total. The number of amides is 2. The number of thioether (sulfide) groups is 1. The highest BCUT2D eigenvalue weighted by atomic mass is 32.2. The van der Waals surface area contributed by atoms with Crippen LogP contribution in [-0.4, -0.2) is 61.7 Å². The van der Waals surface area contributed by atoms with Crippen LogP contribution in [0, 0.1) is 13.8 Å². The molecule has 0 bridgehead atoms. The molecule has 2 amide bonds. The van der Waals surface area contributed by atoms with E-state index in [-0.39, 0.29) is 11.8 Å². The van der Waals surface area contributed by atoms with Gasteiger partial charge in [-0.1, -0.05) is 13.0 Å². The average Bonchev–Trinajstić information content (AvgIpc) is 2.61. The van der Waals surface area contributed by atoms with Gasteiger partial charge in [-0.2, -0.15) is 0 Å². The molecule has 0 radical (unpaired) electrons. The molecule has 0 atom stereocenters. The summed E-state index contributed by atoms with van der Waals surface area (Å²) in [5, 5.41) is 2.92. The Kier molecular flexibility index (Phi) is 7.78. The number of hydrogen-bond donors (Lipinski definition) is 2. The van der Waals surface area contributed by atoms with Crippen molar-refractivity contribution in [1.82, 2.24) is 10.2 Å². The minimum atomic E-state index is 0.113. The minimum absolute atomic E-state index is 0.113. The molecule has 2 rings (SSSR count). The summed E-state index contributed by atoms with van der Waals surface area (Å²) in [5.41, 5.74) is 2.54. The molecule has 1 aromatic carbocycles. The second kappa shape index (κ2) is 9.82. The van der Waals surface area contributed by atoms with Gasteiger partial charge >= 0.3 is 0 Å². The number of benzene rings is 1. The Balaban J connectivity index is 1.71. The number of carbonyl (C=O) groups excluding carboxylic acids is 2. The van der Waals surface area contributed by atoms with E-state index >= 15 is 0 Å². The number of carbonyl (C=O) groups is 2. The summed E-state index contributed by atoms with van der Waals surface area (Å²) < 4.78 is 0. The summed E-state index contributed by atoms with van der Waals surface area (Å²) in [6, 6.07) is 6.33. The smallest absolute Gasteiger partial charge is 0.275 e. The molecule has 0 saturated carbocycles. The third-order valence-corrected chi connectivity index (χ3v) is 5.63. The van der Waals surface area contributed by atoms with Gasteiger partial charge in [0.15, 0.2) is 6.54 Å². The van der Waals surface area contributed by atoms with Crippen molar-refractivity contribution >= 4 is 23.6 Å². The van der Waals surface area contributed by atoms with Crippen molar-refractivity contribution < 1.29 is 14.5 Å². The van der Waals surface area contributed by atoms with Crippen LogP contribution in [0.5, 0.6) is 0 Å². The first-order valence-corrected chi connectivity index (χ1v) is 10.1. The zero-order chi connectivity index (χ0) is 18.2. The van der Waals surface area contributed by atoms with Crippen LogP contribution in [0.15, 0.2) is 23.1 Å². The first-order valence-electron chi connectivity index (χ1n) is 9.07. The van der Waals surface area contributed by atoms with Gasteiger partial charge in [-0.15, -0.1) is 11.8 Å². The van der Waals surface area contributed by atoms with Gasteiger partial charge in [-0.25, -0.2) is 0 Å². The Morgan fingerprint density at radius 1 is 1.20 bits per heavy atom. The van der Waals surface area contributed by atoms with E-state index in [2.05, 4.69) is 37.4 Å². The maximum Gasteiger partial charge on any atom is 0.275 e. The Morgan fingerprint density at radius 2 is 1.92 bits per heavy atom.